The summed E-state index contributed by atoms with van der Waals surface area (Å²) in [4.78, 5) is 22.6. The second-order valence-corrected chi connectivity index (χ2v) is 6.90. The number of nitrogens with two attached hydrogens (primary N) is 4. The third-order valence-electron chi connectivity index (χ3n) is 3.81. The summed E-state index contributed by atoms with van der Waals surface area (Å²) in [6.45, 7) is 8.89. The molecule has 0 rings (SSSR count). The second kappa shape index (κ2) is 18.0. The van der Waals surface area contributed by atoms with Gasteiger partial charge in [-0.25, -0.2) is 0 Å². The normalized spacial score (nSPS) is 12.9. The molecule has 0 fully saturated rings. The maximum Gasteiger partial charge on any atom is 0.152 e. The highest BCUT2D eigenvalue weighted by Crippen LogP contribution is 2.05. The van der Waals surface area contributed by atoms with Crippen LogP contribution < -0.4 is 22.9 Å². The van der Waals surface area contributed by atoms with Crippen LogP contribution in [0.1, 0.15) is 73.6 Å². The van der Waals surface area contributed by atoms with Gasteiger partial charge in [-0.3, -0.25) is 9.59 Å². The van der Waals surface area contributed by atoms with Crippen molar-refractivity contribution in [1.29, 1.82) is 0 Å². The highest BCUT2D eigenvalue weighted by molar-refractivity contribution is 5.85. The molecule has 0 spiro atoms. The summed E-state index contributed by atoms with van der Waals surface area (Å²) in [7, 11) is 0. The zero-order valence-corrected chi connectivity index (χ0v) is 16.1. The van der Waals surface area contributed by atoms with Crippen LogP contribution in [0.3, 0.4) is 0 Å². The molecule has 0 saturated heterocycles. The van der Waals surface area contributed by atoms with Gasteiger partial charge in [0.1, 0.15) is 0 Å². The average Bonchev–Trinajstić information content (AvgIpc) is 2.53. The molecule has 0 aromatic rings. The number of ketones is 2. The Morgan fingerprint density at radius 2 is 0.960 bits per heavy atom. The van der Waals surface area contributed by atoms with Crippen molar-refractivity contribution in [2.24, 2.45) is 34.8 Å². The molecular formula is C19H44N4O2. The smallest absolute Gasteiger partial charge is 0.152 e. The second-order valence-electron chi connectivity index (χ2n) is 6.90. The van der Waals surface area contributed by atoms with Crippen LogP contribution in [0.5, 0.6) is 0 Å². The number of hydrogen-bond acceptors (Lipinski definition) is 6. The fourth-order valence-corrected chi connectivity index (χ4v) is 2.16. The minimum Gasteiger partial charge on any atom is -0.330 e. The van der Waals surface area contributed by atoms with Crippen molar-refractivity contribution >= 4 is 11.6 Å². The number of carbonyl (C=O) groups excluding carboxylic acids is 2. The molecule has 2 atom stereocenters. The third kappa shape index (κ3) is 16.4. The number of hydrogen-bond donors (Lipinski definition) is 4. The van der Waals surface area contributed by atoms with E-state index in [1.807, 2.05) is 27.7 Å². The first-order chi connectivity index (χ1) is 11.2. The Morgan fingerprint density at radius 3 is 1.16 bits per heavy atom. The Morgan fingerprint density at radius 1 is 0.680 bits per heavy atom. The molecule has 0 aromatic heterocycles. The zero-order valence-electron chi connectivity index (χ0n) is 16.1. The minimum atomic E-state index is -0.281. The monoisotopic (exact) mass is 360 g/mol. The van der Waals surface area contributed by atoms with Crippen molar-refractivity contribution in [3.63, 3.8) is 0 Å². The van der Waals surface area contributed by atoms with Gasteiger partial charge >= 0.3 is 0 Å². The van der Waals surface area contributed by atoms with Gasteiger partial charge in [0.2, 0.25) is 0 Å². The highest BCUT2D eigenvalue weighted by atomic mass is 16.1. The predicted octanol–water partition coefficient (Wildman–Crippen LogP) is 1.97. The maximum absolute atomic E-state index is 11.3. The van der Waals surface area contributed by atoms with Crippen LogP contribution in [0.15, 0.2) is 0 Å². The van der Waals surface area contributed by atoms with Gasteiger partial charge in [0.05, 0.1) is 12.1 Å². The Labute approximate surface area is 155 Å². The molecule has 0 aliphatic rings. The van der Waals surface area contributed by atoms with E-state index in [9.17, 15) is 9.59 Å². The van der Waals surface area contributed by atoms with Crippen LogP contribution in [0.4, 0.5) is 0 Å². The third-order valence-corrected chi connectivity index (χ3v) is 3.81. The van der Waals surface area contributed by atoms with Crippen molar-refractivity contribution in [3.8, 4) is 0 Å². The van der Waals surface area contributed by atoms with Crippen LogP contribution in [0.2, 0.25) is 0 Å². The Balaban J connectivity index is -0.000000372. The molecule has 0 heterocycles. The van der Waals surface area contributed by atoms with Gasteiger partial charge in [0, 0.05) is 11.8 Å². The van der Waals surface area contributed by atoms with Gasteiger partial charge in [0.25, 0.3) is 0 Å². The average molecular weight is 361 g/mol. The molecule has 8 N–H and O–H groups in total. The van der Waals surface area contributed by atoms with Crippen molar-refractivity contribution < 1.29 is 9.59 Å². The number of unbranched alkanes of at least 4 members (excludes halogenated alkanes) is 2. The molecule has 152 valence electrons. The van der Waals surface area contributed by atoms with Crippen LogP contribution in [-0.2, 0) is 9.59 Å². The number of rotatable bonds is 12. The van der Waals surface area contributed by atoms with E-state index in [0.29, 0.717) is 13.1 Å². The molecule has 6 heteroatoms. The van der Waals surface area contributed by atoms with Crippen molar-refractivity contribution in [2.45, 2.75) is 85.7 Å². The first kappa shape index (κ1) is 29.0. The van der Waals surface area contributed by atoms with Crippen molar-refractivity contribution in [3.05, 3.63) is 0 Å². The van der Waals surface area contributed by atoms with Gasteiger partial charge in [0.15, 0.2) is 11.6 Å². The molecule has 0 bridgehead atoms. The number of Topliss-reactive ketones (excluding diaryl/α,β-unsaturated/α-hetero) is 2. The summed E-state index contributed by atoms with van der Waals surface area (Å²) < 4.78 is 0. The van der Waals surface area contributed by atoms with Crippen LogP contribution in [0, 0.1) is 11.8 Å². The van der Waals surface area contributed by atoms with E-state index in [1.165, 1.54) is 0 Å². The highest BCUT2D eigenvalue weighted by Gasteiger charge is 2.16. The van der Waals surface area contributed by atoms with Crippen molar-refractivity contribution in [2.75, 3.05) is 13.1 Å². The van der Waals surface area contributed by atoms with Crippen LogP contribution in [0.25, 0.3) is 0 Å². The molecule has 0 amide bonds. The molecule has 0 aliphatic heterocycles. The van der Waals surface area contributed by atoms with Gasteiger partial charge in [-0.05, 0) is 38.8 Å². The fraction of sp³-hybridized carbons (Fsp3) is 0.895. The summed E-state index contributed by atoms with van der Waals surface area (Å²) >= 11 is 0. The predicted molar refractivity (Wildman–Crippen MR) is 108 cm³/mol. The van der Waals surface area contributed by atoms with Crippen LogP contribution in [-0.4, -0.2) is 36.7 Å². The standard InChI is InChI=1S/2C9H20N2O.CH4/c2*1-7(2)9(12)8(11)5-3-4-6-10;/h2*7-8H,3-6,10-11H2,1-2H3;1H4/t2*8-;/m10./s1. The van der Waals surface area contributed by atoms with E-state index >= 15 is 0 Å². The topological polar surface area (TPSA) is 138 Å². The summed E-state index contributed by atoms with van der Waals surface area (Å²) in [5.41, 5.74) is 22.0. The lowest BCUT2D eigenvalue weighted by Gasteiger charge is -2.12. The van der Waals surface area contributed by atoms with E-state index in [2.05, 4.69) is 0 Å². The summed E-state index contributed by atoms with van der Waals surface area (Å²) in [6.07, 6.45) is 5.37. The molecule has 25 heavy (non-hydrogen) atoms. The molecule has 0 aromatic carbocycles. The SMILES string of the molecule is C.CC(C)C(=O)[C@@H](N)CCCCN.CC(C)C(=O)[C@H](N)CCCCN. The lowest BCUT2D eigenvalue weighted by molar-refractivity contribution is -0.124. The Bertz CT molecular complexity index is 301. The Hall–Kier alpha value is -0.820. The Kier molecular flexibility index (Phi) is 20.8. The molecule has 0 aliphatic carbocycles. The fourth-order valence-electron chi connectivity index (χ4n) is 2.16. The van der Waals surface area contributed by atoms with E-state index in [0.717, 1.165) is 38.5 Å². The summed E-state index contributed by atoms with van der Waals surface area (Å²) in [5.74, 6) is 0.426. The van der Waals surface area contributed by atoms with Gasteiger partial charge < -0.3 is 22.9 Å². The molecule has 0 unspecified atom stereocenters. The minimum absolute atomic E-state index is 0. The zero-order chi connectivity index (χ0) is 19.1. The van der Waals surface area contributed by atoms with Gasteiger partial charge in [-0.1, -0.05) is 48.0 Å². The first-order valence-electron chi connectivity index (χ1n) is 9.17. The lowest BCUT2D eigenvalue weighted by atomic mass is 9.98. The quantitative estimate of drug-likeness (QED) is 0.392. The number of carbonyl (C=O) groups is 2. The summed E-state index contributed by atoms with van der Waals surface area (Å²) in [5, 5.41) is 0. The molecular weight excluding hydrogens is 316 g/mol. The van der Waals surface area contributed by atoms with Crippen LogP contribution >= 0.6 is 0 Å². The molecule has 0 radical (unpaired) electrons. The maximum atomic E-state index is 11.3. The molecule has 0 saturated carbocycles. The van der Waals surface area contributed by atoms with E-state index < -0.39 is 0 Å². The summed E-state index contributed by atoms with van der Waals surface area (Å²) in [6, 6.07) is -0.562. The lowest BCUT2D eigenvalue weighted by Crippen LogP contribution is -2.33. The first-order valence-corrected chi connectivity index (χ1v) is 9.17. The van der Waals surface area contributed by atoms with E-state index in [4.69, 9.17) is 22.9 Å². The van der Waals surface area contributed by atoms with E-state index in [1.54, 1.807) is 0 Å². The largest absolute Gasteiger partial charge is 0.330 e. The molecule has 6 nitrogen and oxygen atoms in total. The van der Waals surface area contributed by atoms with E-state index in [-0.39, 0.29) is 42.9 Å². The van der Waals surface area contributed by atoms with Crippen molar-refractivity contribution in [1.82, 2.24) is 0 Å². The van der Waals surface area contributed by atoms with Gasteiger partial charge in [-0.2, -0.15) is 0 Å². The van der Waals surface area contributed by atoms with Gasteiger partial charge in [-0.15, -0.1) is 0 Å².